The first-order valence-electron chi connectivity index (χ1n) is 6.02. The van der Waals surface area contributed by atoms with Crippen LogP contribution in [0, 0.1) is 0 Å². The Hall–Kier alpha value is -1.82. The van der Waals surface area contributed by atoms with Gasteiger partial charge in [-0.2, -0.15) is 5.10 Å². The van der Waals surface area contributed by atoms with Crippen LogP contribution in [0.1, 0.15) is 30.0 Å². The van der Waals surface area contributed by atoms with E-state index in [0.29, 0.717) is 11.5 Å². The summed E-state index contributed by atoms with van der Waals surface area (Å²) >= 11 is 3.38. The van der Waals surface area contributed by atoms with Gasteiger partial charge >= 0.3 is 0 Å². The molecule has 0 atom stereocenters. The summed E-state index contributed by atoms with van der Waals surface area (Å²) in [6, 6.07) is 7.63. The zero-order valence-electron chi connectivity index (χ0n) is 10.1. The number of halogens is 1. The van der Waals surface area contributed by atoms with E-state index in [1.54, 1.807) is 4.68 Å². The maximum absolute atomic E-state index is 8.87. The number of amidine groups is 1. The van der Waals surface area contributed by atoms with Crippen molar-refractivity contribution >= 4 is 21.8 Å². The van der Waals surface area contributed by atoms with Crippen molar-refractivity contribution in [3.63, 3.8) is 0 Å². The van der Waals surface area contributed by atoms with Crippen molar-refractivity contribution in [2.45, 2.75) is 18.8 Å². The van der Waals surface area contributed by atoms with Crippen LogP contribution in [0.25, 0.3) is 5.69 Å². The van der Waals surface area contributed by atoms with Crippen molar-refractivity contribution in [2.75, 3.05) is 0 Å². The molecule has 0 unspecified atom stereocenters. The van der Waals surface area contributed by atoms with Crippen molar-refractivity contribution in [3.05, 3.63) is 46.2 Å². The van der Waals surface area contributed by atoms with Gasteiger partial charge in [-0.25, -0.2) is 4.68 Å². The van der Waals surface area contributed by atoms with Gasteiger partial charge in [-0.1, -0.05) is 21.1 Å². The van der Waals surface area contributed by atoms with E-state index >= 15 is 0 Å². The second-order valence-electron chi connectivity index (χ2n) is 4.61. The highest BCUT2D eigenvalue weighted by Gasteiger charge is 2.26. The molecule has 5 nitrogen and oxygen atoms in total. The summed E-state index contributed by atoms with van der Waals surface area (Å²) in [6.45, 7) is 0. The number of nitrogens with zero attached hydrogens (tertiary/aromatic N) is 3. The summed E-state index contributed by atoms with van der Waals surface area (Å²) < 4.78 is 2.64. The van der Waals surface area contributed by atoms with Crippen LogP contribution < -0.4 is 5.73 Å². The number of aromatic nitrogens is 2. The number of benzene rings is 1. The van der Waals surface area contributed by atoms with Crippen LogP contribution in [-0.2, 0) is 0 Å². The highest BCUT2D eigenvalue weighted by Crippen LogP contribution is 2.39. The molecule has 98 valence electrons. The second-order valence-corrected chi connectivity index (χ2v) is 5.52. The van der Waals surface area contributed by atoms with Crippen molar-refractivity contribution in [1.82, 2.24) is 9.78 Å². The van der Waals surface area contributed by atoms with Gasteiger partial charge in [0.25, 0.3) is 0 Å². The van der Waals surface area contributed by atoms with Crippen LogP contribution in [0.3, 0.4) is 0 Å². The maximum Gasteiger partial charge on any atom is 0.172 e. The highest BCUT2D eigenvalue weighted by molar-refractivity contribution is 9.10. The molecular formula is C13H13BrN4O. The van der Waals surface area contributed by atoms with E-state index in [2.05, 4.69) is 26.2 Å². The summed E-state index contributed by atoms with van der Waals surface area (Å²) in [5.74, 6) is 0.670. The molecule has 1 fully saturated rings. The lowest BCUT2D eigenvalue weighted by atomic mass is 10.1. The van der Waals surface area contributed by atoms with Crippen molar-refractivity contribution in [2.24, 2.45) is 10.9 Å². The number of oxime groups is 1. The van der Waals surface area contributed by atoms with Crippen molar-refractivity contribution in [1.29, 1.82) is 0 Å². The fourth-order valence-corrected chi connectivity index (χ4v) is 2.40. The predicted octanol–water partition coefficient (Wildman–Crippen LogP) is 2.61. The molecule has 0 radical (unpaired) electrons. The molecule has 0 bridgehead atoms. The monoisotopic (exact) mass is 320 g/mol. The zero-order chi connectivity index (χ0) is 13.4. The first-order valence-corrected chi connectivity index (χ1v) is 6.81. The third-order valence-corrected chi connectivity index (χ3v) is 3.69. The summed E-state index contributed by atoms with van der Waals surface area (Å²) in [5, 5.41) is 16.5. The van der Waals surface area contributed by atoms with Crippen LogP contribution in [0.4, 0.5) is 0 Å². The van der Waals surface area contributed by atoms with Gasteiger partial charge in [-0.05, 0) is 37.1 Å². The minimum absolute atomic E-state index is 0.0692. The van der Waals surface area contributed by atoms with Gasteiger partial charge in [-0.15, -0.1) is 0 Å². The van der Waals surface area contributed by atoms with Gasteiger partial charge in [0, 0.05) is 22.2 Å². The van der Waals surface area contributed by atoms with Crippen LogP contribution in [-0.4, -0.2) is 20.8 Å². The summed E-state index contributed by atoms with van der Waals surface area (Å²) in [4.78, 5) is 0. The quantitative estimate of drug-likeness (QED) is 0.395. The van der Waals surface area contributed by atoms with E-state index in [4.69, 9.17) is 10.9 Å². The molecule has 3 N–H and O–H groups in total. The Balaban J connectivity index is 2.07. The fraction of sp³-hybridized carbons (Fsp3) is 0.231. The molecule has 0 amide bonds. The fourth-order valence-electron chi connectivity index (χ4n) is 2.04. The van der Waals surface area contributed by atoms with E-state index in [9.17, 15) is 0 Å². The Labute approximate surface area is 118 Å². The Morgan fingerprint density at radius 2 is 2.21 bits per heavy atom. The third kappa shape index (κ3) is 2.35. The Kier molecular flexibility index (Phi) is 3.02. The maximum atomic E-state index is 8.87. The molecule has 6 heteroatoms. The smallest absolute Gasteiger partial charge is 0.172 e. The first kappa shape index (κ1) is 12.2. The molecular weight excluding hydrogens is 308 g/mol. The third-order valence-electron chi connectivity index (χ3n) is 3.19. The lowest BCUT2D eigenvalue weighted by Gasteiger charge is -2.09. The minimum Gasteiger partial charge on any atom is -0.409 e. The first-order chi connectivity index (χ1) is 9.19. The van der Waals surface area contributed by atoms with E-state index in [1.165, 1.54) is 12.8 Å². The standard InChI is InChI=1S/C13H13BrN4O/c14-9-3-4-12(10(7-9)13(15)17-19)18-6-5-11(16-18)8-1-2-8/h3-8,19H,1-2H2,(H2,15,17). The van der Waals surface area contributed by atoms with E-state index in [1.807, 2.05) is 30.5 Å². The topological polar surface area (TPSA) is 76.4 Å². The lowest BCUT2D eigenvalue weighted by Crippen LogP contribution is -2.16. The molecule has 1 aromatic carbocycles. The van der Waals surface area contributed by atoms with Crippen LogP contribution in [0.5, 0.6) is 0 Å². The van der Waals surface area contributed by atoms with Crippen molar-refractivity contribution in [3.8, 4) is 5.69 Å². The number of nitrogens with two attached hydrogens (primary N) is 1. The van der Waals surface area contributed by atoms with Gasteiger partial charge < -0.3 is 10.9 Å². The van der Waals surface area contributed by atoms with Crippen molar-refractivity contribution < 1.29 is 5.21 Å². The molecule has 0 aliphatic heterocycles. The number of hydrogen-bond acceptors (Lipinski definition) is 3. The van der Waals surface area contributed by atoms with Gasteiger partial charge in [0.15, 0.2) is 5.84 Å². The lowest BCUT2D eigenvalue weighted by molar-refractivity contribution is 0.318. The largest absolute Gasteiger partial charge is 0.409 e. The van der Waals surface area contributed by atoms with Crippen LogP contribution in [0.15, 0.2) is 40.1 Å². The Morgan fingerprint density at radius 3 is 2.89 bits per heavy atom. The summed E-state index contributed by atoms with van der Waals surface area (Å²) in [6.07, 6.45) is 4.33. The molecule has 0 saturated heterocycles. The molecule has 1 heterocycles. The van der Waals surface area contributed by atoms with Gasteiger partial charge in [0.05, 0.1) is 11.4 Å². The van der Waals surface area contributed by atoms with Crippen LogP contribution in [0.2, 0.25) is 0 Å². The van der Waals surface area contributed by atoms with E-state index in [-0.39, 0.29) is 5.84 Å². The normalized spacial score (nSPS) is 15.7. The highest BCUT2D eigenvalue weighted by atomic mass is 79.9. The SMILES string of the molecule is N/C(=N/O)c1cc(Br)ccc1-n1ccc(C2CC2)n1. The zero-order valence-corrected chi connectivity index (χ0v) is 11.7. The Morgan fingerprint density at radius 1 is 1.42 bits per heavy atom. The Bertz CT molecular complexity index is 646. The second kappa shape index (κ2) is 4.70. The van der Waals surface area contributed by atoms with E-state index < -0.39 is 0 Å². The molecule has 1 saturated carbocycles. The summed E-state index contributed by atoms with van der Waals surface area (Å²) in [7, 11) is 0. The molecule has 1 aliphatic carbocycles. The molecule has 1 aliphatic rings. The molecule has 0 spiro atoms. The average molecular weight is 321 g/mol. The molecule has 1 aromatic heterocycles. The van der Waals surface area contributed by atoms with Gasteiger partial charge in [0.2, 0.25) is 0 Å². The molecule has 2 aromatic rings. The molecule has 19 heavy (non-hydrogen) atoms. The van der Waals surface area contributed by atoms with E-state index in [0.717, 1.165) is 15.9 Å². The minimum atomic E-state index is 0.0692. The average Bonchev–Trinajstić information content (AvgIpc) is 3.16. The molecule has 3 rings (SSSR count). The number of hydrogen-bond donors (Lipinski definition) is 2. The predicted molar refractivity (Wildman–Crippen MR) is 75.7 cm³/mol. The van der Waals surface area contributed by atoms with Crippen LogP contribution >= 0.6 is 15.9 Å². The van der Waals surface area contributed by atoms with Gasteiger partial charge in [0.1, 0.15) is 0 Å². The number of rotatable bonds is 3. The van der Waals surface area contributed by atoms with Gasteiger partial charge in [-0.3, -0.25) is 0 Å². The summed E-state index contributed by atoms with van der Waals surface area (Å²) in [5.41, 5.74) is 8.26.